The molecule has 4 heteroatoms. The first-order chi connectivity index (χ1) is 9.98. The molecule has 1 aliphatic carbocycles. The first kappa shape index (κ1) is 16.8. The lowest BCUT2D eigenvalue weighted by Crippen LogP contribution is -2.58. The molecular formula is C17H32N2O2. The normalized spacial score (nSPS) is 33.8. The predicted octanol–water partition coefficient (Wildman–Crippen LogP) is 2.43. The van der Waals surface area contributed by atoms with Crippen LogP contribution in [-0.4, -0.2) is 49.2 Å². The van der Waals surface area contributed by atoms with Crippen LogP contribution >= 0.6 is 0 Å². The Balaban J connectivity index is 1.99. The summed E-state index contributed by atoms with van der Waals surface area (Å²) in [5.74, 6) is 1.17. The van der Waals surface area contributed by atoms with E-state index >= 15 is 0 Å². The van der Waals surface area contributed by atoms with Crippen LogP contribution in [0.15, 0.2) is 0 Å². The molecule has 3 unspecified atom stereocenters. The second-order valence-corrected chi connectivity index (χ2v) is 7.33. The van der Waals surface area contributed by atoms with Crippen LogP contribution in [-0.2, 0) is 9.53 Å². The lowest BCUT2D eigenvalue weighted by atomic mass is 9.83. The lowest BCUT2D eigenvalue weighted by Gasteiger charge is -2.36. The zero-order valence-electron chi connectivity index (χ0n) is 14.2. The Morgan fingerprint density at radius 1 is 1.43 bits per heavy atom. The number of hydrogen-bond acceptors (Lipinski definition) is 4. The highest BCUT2D eigenvalue weighted by Crippen LogP contribution is 2.39. The van der Waals surface area contributed by atoms with Crippen LogP contribution in [0.5, 0.6) is 0 Å². The monoisotopic (exact) mass is 296 g/mol. The molecule has 2 rings (SSSR count). The fourth-order valence-corrected chi connectivity index (χ4v) is 4.25. The number of methoxy groups -OCH3 is 1. The summed E-state index contributed by atoms with van der Waals surface area (Å²) in [6.07, 6.45) is 5.59. The summed E-state index contributed by atoms with van der Waals surface area (Å²) in [7, 11) is 1.52. The molecule has 0 aromatic rings. The van der Waals surface area contributed by atoms with Crippen molar-refractivity contribution >= 4 is 5.97 Å². The van der Waals surface area contributed by atoms with Crippen LogP contribution in [0.2, 0.25) is 0 Å². The van der Waals surface area contributed by atoms with Gasteiger partial charge in [0.15, 0.2) is 0 Å². The number of carbonyl (C=O) groups is 1. The first-order valence-electron chi connectivity index (χ1n) is 8.56. The van der Waals surface area contributed by atoms with E-state index in [0.717, 1.165) is 38.1 Å². The van der Waals surface area contributed by atoms with Gasteiger partial charge in [-0.05, 0) is 64.5 Å². The molecule has 1 aliphatic heterocycles. The van der Waals surface area contributed by atoms with Crippen molar-refractivity contribution in [3.8, 4) is 0 Å². The average molecular weight is 296 g/mol. The summed E-state index contributed by atoms with van der Waals surface area (Å²) in [5.41, 5.74) is -0.450. The highest BCUT2D eigenvalue weighted by molar-refractivity contribution is 5.81. The number of nitrogens with zero attached hydrogens (tertiary/aromatic N) is 1. The number of ether oxygens (including phenoxy) is 1. The number of hydrogen-bond donors (Lipinski definition) is 1. The largest absolute Gasteiger partial charge is 0.468 e. The third kappa shape index (κ3) is 3.78. The van der Waals surface area contributed by atoms with Crippen molar-refractivity contribution in [3.63, 3.8) is 0 Å². The zero-order valence-corrected chi connectivity index (χ0v) is 14.2. The Morgan fingerprint density at radius 2 is 2.19 bits per heavy atom. The van der Waals surface area contributed by atoms with Crippen LogP contribution in [0.3, 0.4) is 0 Å². The van der Waals surface area contributed by atoms with Crippen molar-refractivity contribution in [1.82, 2.24) is 10.2 Å². The molecule has 0 aromatic carbocycles. The van der Waals surface area contributed by atoms with E-state index in [0.29, 0.717) is 12.0 Å². The summed E-state index contributed by atoms with van der Waals surface area (Å²) in [5, 5.41) is 3.55. The van der Waals surface area contributed by atoms with E-state index in [1.807, 2.05) is 0 Å². The molecule has 0 radical (unpaired) electrons. The second kappa shape index (κ2) is 7.10. The molecule has 2 fully saturated rings. The van der Waals surface area contributed by atoms with Crippen molar-refractivity contribution in [3.05, 3.63) is 0 Å². The molecule has 1 saturated carbocycles. The number of rotatable bonds is 6. The standard InChI is InChI=1S/C17H32N2O2/c1-13(2)18-17(16(20)21-4)9-5-6-15(17)8-11-19-10-7-14(3)12-19/h13-15,18H,5-12H2,1-4H3. The highest BCUT2D eigenvalue weighted by Gasteiger charge is 2.49. The molecule has 1 N–H and O–H groups in total. The molecule has 21 heavy (non-hydrogen) atoms. The molecule has 3 atom stereocenters. The lowest BCUT2D eigenvalue weighted by molar-refractivity contribution is -0.151. The van der Waals surface area contributed by atoms with Gasteiger partial charge in [0.1, 0.15) is 5.54 Å². The van der Waals surface area contributed by atoms with Gasteiger partial charge in [-0.15, -0.1) is 0 Å². The van der Waals surface area contributed by atoms with E-state index in [-0.39, 0.29) is 5.97 Å². The van der Waals surface area contributed by atoms with Crippen LogP contribution in [0.25, 0.3) is 0 Å². The summed E-state index contributed by atoms with van der Waals surface area (Å²) in [6.45, 7) is 10.1. The van der Waals surface area contributed by atoms with E-state index < -0.39 is 5.54 Å². The van der Waals surface area contributed by atoms with Gasteiger partial charge in [-0.1, -0.05) is 13.3 Å². The first-order valence-corrected chi connectivity index (χ1v) is 8.56. The van der Waals surface area contributed by atoms with Gasteiger partial charge in [-0.25, -0.2) is 0 Å². The predicted molar refractivity (Wildman–Crippen MR) is 85.2 cm³/mol. The summed E-state index contributed by atoms with van der Waals surface area (Å²) in [4.78, 5) is 15.0. The maximum Gasteiger partial charge on any atom is 0.326 e. The second-order valence-electron chi connectivity index (χ2n) is 7.33. The quantitative estimate of drug-likeness (QED) is 0.764. The molecule has 1 heterocycles. The third-order valence-electron chi connectivity index (χ3n) is 5.22. The molecule has 4 nitrogen and oxygen atoms in total. The average Bonchev–Trinajstić information content (AvgIpc) is 3.02. The minimum absolute atomic E-state index is 0.0616. The molecular weight excluding hydrogens is 264 g/mol. The van der Waals surface area contributed by atoms with Crippen LogP contribution in [0, 0.1) is 11.8 Å². The van der Waals surface area contributed by atoms with Crippen molar-refractivity contribution in [2.75, 3.05) is 26.7 Å². The van der Waals surface area contributed by atoms with Crippen molar-refractivity contribution in [2.45, 2.75) is 64.5 Å². The summed E-state index contributed by atoms with van der Waals surface area (Å²) >= 11 is 0. The van der Waals surface area contributed by atoms with Gasteiger partial charge in [-0.2, -0.15) is 0 Å². The van der Waals surface area contributed by atoms with E-state index in [4.69, 9.17) is 4.74 Å². The molecule has 2 aliphatic rings. The van der Waals surface area contributed by atoms with E-state index in [1.165, 1.54) is 26.6 Å². The Kier molecular flexibility index (Phi) is 5.67. The van der Waals surface area contributed by atoms with E-state index in [9.17, 15) is 4.79 Å². The molecule has 1 saturated heterocycles. The van der Waals surface area contributed by atoms with Crippen molar-refractivity contribution in [1.29, 1.82) is 0 Å². The SMILES string of the molecule is COC(=O)C1(NC(C)C)CCCC1CCN1CCC(C)C1. The van der Waals surface area contributed by atoms with Gasteiger partial charge in [0.25, 0.3) is 0 Å². The number of carbonyl (C=O) groups excluding carboxylic acids is 1. The van der Waals surface area contributed by atoms with Gasteiger partial charge >= 0.3 is 5.97 Å². The van der Waals surface area contributed by atoms with Crippen molar-refractivity contribution in [2.24, 2.45) is 11.8 Å². The summed E-state index contributed by atoms with van der Waals surface area (Å²) in [6, 6.07) is 0.302. The highest BCUT2D eigenvalue weighted by atomic mass is 16.5. The number of likely N-dealkylation sites (tertiary alicyclic amines) is 1. The summed E-state index contributed by atoms with van der Waals surface area (Å²) < 4.78 is 5.14. The Hall–Kier alpha value is -0.610. The maximum atomic E-state index is 12.4. The van der Waals surface area contributed by atoms with Crippen molar-refractivity contribution < 1.29 is 9.53 Å². The fourth-order valence-electron chi connectivity index (χ4n) is 4.25. The topological polar surface area (TPSA) is 41.6 Å². The molecule has 0 amide bonds. The Morgan fingerprint density at radius 3 is 2.76 bits per heavy atom. The van der Waals surface area contributed by atoms with Gasteiger partial charge in [0.05, 0.1) is 7.11 Å². The maximum absolute atomic E-state index is 12.4. The minimum atomic E-state index is -0.450. The molecule has 122 valence electrons. The Bertz CT molecular complexity index is 359. The third-order valence-corrected chi connectivity index (χ3v) is 5.22. The van der Waals surface area contributed by atoms with E-state index in [2.05, 4.69) is 31.0 Å². The van der Waals surface area contributed by atoms with Crippen LogP contribution < -0.4 is 5.32 Å². The number of esters is 1. The molecule has 0 aromatic heterocycles. The minimum Gasteiger partial charge on any atom is -0.468 e. The number of nitrogens with one attached hydrogen (secondary N) is 1. The molecule has 0 spiro atoms. The Labute approximate surface area is 129 Å². The fraction of sp³-hybridized carbons (Fsp3) is 0.941. The zero-order chi connectivity index (χ0) is 15.5. The van der Waals surface area contributed by atoms with Gasteiger partial charge in [0, 0.05) is 12.6 Å². The van der Waals surface area contributed by atoms with Crippen LogP contribution in [0.4, 0.5) is 0 Å². The van der Waals surface area contributed by atoms with E-state index in [1.54, 1.807) is 0 Å². The van der Waals surface area contributed by atoms with Crippen LogP contribution in [0.1, 0.15) is 52.9 Å². The van der Waals surface area contributed by atoms with Gasteiger partial charge in [0.2, 0.25) is 0 Å². The van der Waals surface area contributed by atoms with Gasteiger partial charge < -0.3 is 9.64 Å². The van der Waals surface area contributed by atoms with Gasteiger partial charge in [-0.3, -0.25) is 10.1 Å². The smallest absolute Gasteiger partial charge is 0.326 e. The molecule has 0 bridgehead atoms.